The summed E-state index contributed by atoms with van der Waals surface area (Å²) >= 11 is 3.45. The smallest absolute Gasteiger partial charge is 0.258 e. The topological polar surface area (TPSA) is 87.3 Å². The van der Waals surface area contributed by atoms with Gasteiger partial charge in [0.15, 0.2) is 0 Å². The first-order valence-corrected chi connectivity index (χ1v) is 8.93. The van der Waals surface area contributed by atoms with Crippen molar-refractivity contribution in [2.75, 3.05) is 36.5 Å². The number of ether oxygens (including phenoxy) is 1. The monoisotopic (exact) mass is 404 g/mol. The van der Waals surface area contributed by atoms with E-state index < -0.39 is 0 Å². The zero-order valence-electron chi connectivity index (χ0n) is 13.4. The molecule has 2 aliphatic rings. The Morgan fingerprint density at radius 3 is 2.80 bits per heavy atom. The van der Waals surface area contributed by atoms with Crippen molar-refractivity contribution in [3.63, 3.8) is 0 Å². The molecule has 0 unspecified atom stereocenters. The van der Waals surface area contributed by atoms with E-state index in [9.17, 15) is 9.59 Å². The van der Waals surface area contributed by atoms with Crippen molar-refractivity contribution in [1.82, 2.24) is 9.97 Å². The number of H-pyrrole nitrogens is 1. The number of carbonyl (C=O) groups is 1. The SMILES string of the molecule is O=C1C[C@@H](c2cccc(Br)c2)c2c(nc(N3CCOCC3)[nH]c2=O)N1. The molecule has 0 bridgehead atoms. The largest absolute Gasteiger partial charge is 0.378 e. The number of fused-ring (bicyclic) bond motifs is 1. The van der Waals surface area contributed by atoms with Crippen LogP contribution in [0.5, 0.6) is 0 Å². The second kappa shape index (κ2) is 6.61. The van der Waals surface area contributed by atoms with Crippen LogP contribution in [0.2, 0.25) is 0 Å². The molecule has 0 saturated carbocycles. The lowest BCUT2D eigenvalue weighted by atomic mass is 9.87. The number of benzene rings is 1. The number of nitrogens with one attached hydrogen (secondary N) is 2. The van der Waals surface area contributed by atoms with E-state index in [-0.39, 0.29) is 23.8 Å². The van der Waals surface area contributed by atoms with Crippen molar-refractivity contribution in [2.24, 2.45) is 0 Å². The summed E-state index contributed by atoms with van der Waals surface area (Å²) in [6.07, 6.45) is 0.227. The van der Waals surface area contributed by atoms with E-state index in [1.54, 1.807) is 0 Å². The van der Waals surface area contributed by atoms with E-state index in [1.165, 1.54) is 0 Å². The van der Waals surface area contributed by atoms with Crippen molar-refractivity contribution >= 4 is 33.6 Å². The minimum atomic E-state index is -0.309. The van der Waals surface area contributed by atoms with Crippen LogP contribution in [-0.4, -0.2) is 42.2 Å². The van der Waals surface area contributed by atoms with Gasteiger partial charge in [-0.25, -0.2) is 0 Å². The maximum absolute atomic E-state index is 12.8. The summed E-state index contributed by atoms with van der Waals surface area (Å²) in [5, 5.41) is 2.75. The molecule has 1 atom stereocenters. The van der Waals surface area contributed by atoms with Gasteiger partial charge in [0.05, 0.1) is 18.8 Å². The fourth-order valence-corrected chi connectivity index (χ4v) is 3.71. The van der Waals surface area contributed by atoms with Crippen molar-refractivity contribution in [1.29, 1.82) is 0 Å². The molecule has 25 heavy (non-hydrogen) atoms. The average Bonchev–Trinajstić information content (AvgIpc) is 2.61. The maximum atomic E-state index is 12.8. The minimum Gasteiger partial charge on any atom is -0.378 e. The van der Waals surface area contributed by atoms with Gasteiger partial charge in [0, 0.05) is 29.9 Å². The van der Waals surface area contributed by atoms with E-state index in [2.05, 4.69) is 31.2 Å². The Balaban J connectivity index is 1.78. The standard InChI is InChI=1S/C17H17BrN4O3/c18-11-3-1-2-10(8-11)12-9-13(23)19-15-14(12)16(24)21-17(20-15)22-4-6-25-7-5-22/h1-3,8,12H,4-7,9H2,(H2,19,20,21,23,24)/t12-/m0/s1. The van der Waals surface area contributed by atoms with Gasteiger partial charge in [-0.1, -0.05) is 28.1 Å². The molecular formula is C17H17BrN4O3. The molecule has 1 saturated heterocycles. The van der Waals surface area contributed by atoms with Crippen LogP contribution in [0.15, 0.2) is 33.5 Å². The maximum Gasteiger partial charge on any atom is 0.258 e. The lowest BCUT2D eigenvalue weighted by molar-refractivity contribution is -0.116. The molecule has 0 spiro atoms. The zero-order valence-corrected chi connectivity index (χ0v) is 15.0. The fraction of sp³-hybridized carbons (Fsp3) is 0.353. The molecule has 7 nitrogen and oxygen atoms in total. The first kappa shape index (κ1) is 16.3. The second-order valence-electron chi connectivity index (χ2n) is 6.11. The third kappa shape index (κ3) is 3.19. The van der Waals surface area contributed by atoms with Crippen LogP contribution in [0.1, 0.15) is 23.5 Å². The summed E-state index contributed by atoms with van der Waals surface area (Å²) in [7, 11) is 0. The van der Waals surface area contributed by atoms with Crippen LogP contribution in [-0.2, 0) is 9.53 Å². The van der Waals surface area contributed by atoms with Crippen molar-refractivity contribution in [3.05, 3.63) is 50.2 Å². The van der Waals surface area contributed by atoms with Crippen molar-refractivity contribution in [3.8, 4) is 0 Å². The molecule has 130 valence electrons. The number of amides is 1. The average molecular weight is 405 g/mol. The number of morpholine rings is 1. The number of rotatable bonds is 2. The quantitative estimate of drug-likeness (QED) is 0.797. The third-order valence-electron chi connectivity index (χ3n) is 4.50. The van der Waals surface area contributed by atoms with Crippen molar-refractivity contribution in [2.45, 2.75) is 12.3 Å². The Morgan fingerprint density at radius 2 is 2.04 bits per heavy atom. The zero-order chi connectivity index (χ0) is 17.4. The van der Waals surface area contributed by atoms with Crippen LogP contribution in [0.3, 0.4) is 0 Å². The number of nitrogens with zero attached hydrogens (tertiary/aromatic N) is 2. The Bertz CT molecular complexity index is 876. The van der Waals surface area contributed by atoms with Crippen LogP contribution in [0.25, 0.3) is 0 Å². The molecular weight excluding hydrogens is 388 g/mol. The van der Waals surface area contributed by atoms with Gasteiger partial charge in [0.25, 0.3) is 5.56 Å². The van der Waals surface area contributed by atoms with Crippen LogP contribution < -0.4 is 15.8 Å². The summed E-state index contributed by atoms with van der Waals surface area (Å²) in [6.45, 7) is 2.50. The molecule has 0 radical (unpaired) electrons. The van der Waals surface area contributed by atoms with Gasteiger partial charge >= 0.3 is 0 Å². The molecule has 1 amide bonds. The summed E-state index contributed by atoms with van der Waals surface area (Å²) in [5.74, 6) is 0.383. The van der Waals surface area contributed by atoms with E-state index in [0.717, 1.165) is 10.0 Å². The van der Waals surface area contributed by atoms with Crippen LogP contribution >= 0.6 is 15.9 Å². The van der Waals surface area contributed by atoms with Gasteiger partial charge < -0.3 is 15.0 Å². The Morgan fingerprint density at radius 1 is 1.24 bits per heavy atom. The summed E-state index contributed by atoms with van der Waals surface area (Å²) < 4.78 is 6.24. The van der Waals surface area contributed by atoms with Crippen molar-refractivity contribution < 1.29 is 9.53 Å². The first-order chi connectivity index (χ1) is 12.1. The van der Waals surface area contributed by atoms with Gasteiger partial charge in [0.1, 0.15) is 5.82 Å². The van der Waals surface area contributed by atoms with E-state index >= 15 is 0 Å². The first-order valence-electron chi connectivity index (χ1n) is 8.14. The number of hydrogen-bond donors (Lipinski definition) is 2. The number of aromatic amines is 1. The molecule has 2 N–H and O–H groups in total. The molecule has 8 heteroatoms. The predicted molar refractivity (Wildman–Crippen MR) is 97.1 cm³/mol. The highest BCUT2D eigenvalue weighted by atomic mass is 79.9. The highest BCUT2D eigenvalue weighted by Gasteiger charge is 2.31. The lowest BCUT2D eigenvalue weighted by Crippen LogP contribution is -2.40. The van der Waals surface area contributed by atoms with Gasteiger partial charge in [-0.15, -0.1) is 0 Å². The second-order valence-corrected chi connectivity index (χ2v) is 7.03. The predicted octanol–water partition coefficient (Wildman–Crippen LogP) is 1.84. The Labute approximate surface area is 152 Å². The van der Waals surface area contributed by atoms with E-state index in [0.29, 0.717) is 43.6 Å². The lowest BCUT2D eigenvalue weighted by Gasteiger charge is -2.29. The number of halogens is 1. The van der Waals surface area contributed by atoms with Gasteiger partial charge in [-0.3, -0.25) is 14.6 Å². The van der Waals surface area contributed by atoms with Crippen LogP contribution in [0.4, 0.5) is 11.8 Å². The highest BCUT2D eigenvalue weighted by molar-refractivity contribution is 9.10. The number of aromatic nitrogens is 2. The molecule has 2 aromatic rings. The van der Waals surface area contributed by atoms with Gasteiger partial charge in [-0.05, 0) is 17.7 Å². The summed E-state index contributed by atoms with van der Waals surface area (Å²) in [5.41, 5.74) is 1.21. The molecule has 2 aliphatic heterocycles. The van der Waals surface area contributed by atoms with Gasteiger partial charge in [-0.2, -0.15) is 4.98 Å². The fourth-order valence-electron chi connectivity index (χ4n) is 3.29. The van der Waals surface area contributed by atoms with E-state index in [1.807, 2.05) is 29.2 Å². The van der Waals surface area contributed by atoms with E-state index in [4.69, 9.17) is 4.74 Å². The number of anilines is 2. The summed E-state index contributed by atoms with van der Waals surface area (Å²) in [6, 6.07) is 7.67. The molecule has 3 heterocycles. The number of hydrogen-bond acceptors (Lipinski definition) is 5. The Hall–Kier alpha value is -2.19. The molecule has 0 aliphatic carbocycles. The molecule has 1 aromatic carbocycles. The molecule has 1 aromatic heterocycles. The highest BCUT2D eigenvalue weighted by Crippen LogP contribution is 2.35. The summed E-state index contributed by atoms with van der Waals surface area (Å²) in [4.78, 5) is 34.3. The Kier molecular flexibility index (Phi) is 4.30. The third-order valence-corrected chi connectivity index (χ3v) is 4.99. The van der Waals surface area contributed by atoms with Crippen LogP contribution in [0, 0.1) is 0 Å². The van der Waals surface area contributed by atoms with Gasteiger partial charge in [0.2, 0.25) is 11.9 Å². The minimum absolute atomic E-state index is 0.136. The molecule has 1 fully saturated rings. The normalized spacial score (nSPS) is 20.1. The molecule has 4 rings (SSSR count). The number of carbonyl (C=O) groups excluding carboxylic acids is 1.